The highest BCUT2D eigenvalue weighted by atomic mass is 32.2. The molecule has 1 aliphatic heterocycles. The second-order valence-corrected chi connectivity index (χ2v) is 8.84. The molecule has 7 nitrogen and oxygen atoms in total. The number of nitrogens with zero attached hydrogens (tertiary/aromatic N) is 1. The largest absolute Gasteiger partial charge is 0.496 e. The Morgan fingerprint density at radius 1 is 1.14 bits per heavy atom. The summed E-state index contributed by atoms with van der Waals surface area (Å²) in [6.07, 6.45) is 2.14. The summed E-state index contributed by atoms with van der Waals surface area (Å²) >= 11 is 0. The second-order valence-electron chi connectivity index (χ2n) is 6.83. The lowest BCUT2D eigenvalue weighted by Crippen LogP contribution is -2.37. The topological polar surface area (TPSA) is 84.9 Å². The van der Waals surface area contributed by atoms with Crippen LogP contribution in [0.4, 0.5) is 11.4 Å². The lowest BCUT2D eigenvalue weighted by Gasteiger charge is -2.31. The van der Waals surface area contributed by atoms with Gasteiger partial charge in [-0.3, -0.25) is 9.10 Å². The van der Waals surface area contributed by atoms with Crippen molar-refractivity contribution in [3.8, 4) is 11.5 Å². The third-order valence-corrected chi connectivity index (χ3v) is 6.85. The van der Waals surface area contributed by atoms with Gasteiger partial charge < -0.3 is 14.8 Å². The van der Waals surface area contributed by atoms with Gasteiger partial charge in [-0.25, -0.2) is 8.42 Å². The van der Waals surface area contributed by atoms with Crippen LogP contribution in [0.5, 0.6) is 11.5 Å². The molecule has 1 amide bonds. The number of hydrogen-bond donors (Lipinski definition) is 1. The second kappa shape index (κ2) is 8.73. The van der Waals surface area contributed by atoms with E-state index in [0.717, 1.165) is 18.4 Å². The van der Waals surface area contributed by atoms with E-state index in [1.54, 1.807) is 30.3 Å². The molecule has 0 spiro atoms. The summed E-state index contributed by atoms with van der Waals surface area (Å²) in [5.41, 5.74) is 2.39. The Bertz CT molecular complexity index is 982. The Labute approximate surface area is 171 Å². The molecular formula is C21H26N2O5S. The fraction of sp³-hybridized carbons (Fsp3) is 0.381. The molecule has 0 unspecified atom stereocenters. The van der Waals surface area contributed by atoms with Crippen LogP contribution in [-0.2, 0) is 16.4 Å². The van der Waals surface area contributed by atoms with E-state index in [1.165, 1.54) is 18.5 Å². The average molecular weight is 419 g/mol. The predicted molar refractivity (Wildman–Crippen MR) is 114 cm³/mol. The molecular weight excluding hydrogens is 392 g/mol. The number of fused-ring (bicyclic) bond motifs is 1. The number of anilines is 2. The van der Waals surface area contributed by atoms with Crippen LogP contribution in [0.1, 0.15) is 35.7 Å². The molecule has 0 saturated carbocycles. The summed E-state index contributed by atoms with van der Waals surface area (Å²) < 4.78 is 37.4. The Balaban J connectivity index is 1.94. The zero-order chi connectivity index (χ0) is 21.0. The van der Waals surface area contributed by atoms with Crippen molar-refractivity contribution in [2.45, 2.75) is 26.2 Å². The van der Waals surface area contributed by atoms with Crippen LogP contribution in [-0.4, -0.2) is 40.8 Å². The van der Waals surface area contributed by atoms with Gasteiger partial charge in [0, 0.05) is 12.2 Å². The first-order chi connectivity index (χ1) is 13.9. The van der Waals surface area contributed by atoms with Gasteiger partial charge in [0.15, 0.2) is 0 Å². The molecule has 29 heavy (non-hydrogen) atoms. The minimum absolute atomic E-state index is 0.0987. The molecule has 0 aromatic heterocycles. The van der Waals surface area contributed by atoms with Crippen LogP contribution in [0.3, 0.4) is 0 Å². The fourth-order valence-corrected chi connectivity index (χ4v) is 5.16. The van der Waals surface area contributed by atoms with Crippen LogP contribution in [0.15, 0.2) is 36.4 Å². The van der Waals surface area contributed by atoms with Gasteiger partial charge in [0.2, 0.25) is 10.0 Å². The van der Waals surface area contributed by atoms with Gasteiger partial charge in [0.25, 0.3) is 5.91 Å². The molecule has 3 rings (SSSR count). The molecule has 1 heterocycles. The third-order valence-electron chi connectivity index (χ3n) is 4.87. The summed E-state index contributed by atoms with van der Waals surface area (Å²) in [6.45, 7) is 2.30. The van der Waals surface area contributed by atoms with Gasteiger partial charge in [-0.15, -0.1) is 0 Å². The number of hydrogen-bond acceptors (Lipinski definition) is 5. The number of amides is 1. The number of benzene rings is 2. The van der Waals surface area contributed by atoms with Gasteiger partial charge >= 0.3 is 0 Å². The van der Waals surface area contributed by atoms with Crippen molar-refractivity contribution in [2.75, 3.05) is 36.1 Å². The number of carbonyl (C=O) groups is 1. The lowest BCUT2D eigenvalue weighted by molar-refractivity contribution is 0.102. The minimum atomic E-state index is -3.38. The van der Waals surface area contributed by atoms with E-state index in [-0.39, 0.29) is 11.3 Å². The molecule has 2 aromatic rings. The third kappa shape index (κ3) is 4.32. The highest BCUT2D eigenvalue weighted by Crippen LogP contribution is 2.34. The van der Waals surface area contributed by atoms with E-state index in [1.807, 2.05) is 13.0 Å². The molecule has 1 aliphatic rings. The van der Waals surface area contributed by atoms with Gasteiger partial charge in [-0.05, 0) is 49.1 Å². The monoisotopic (exact) mass is 418 g/mol. The van der Waals surface area contributed by atoms with Crippen molar-refractivity contribution in [3.63, 3.8) is 0 Å². The summed E-state index contributed by atoms with van der Waals surface area (Å²) in [6, 6.07) is 10.5. The highest BCUT2D eigenvalue weighted by molar-refractivity contribution is 7.92. The Morgan fingerprint density at radius 2 is 1.83 bits per heavy atom. The number of ether oxygens (including phenoxy) is 2. The fourth-order valence-electron chi connectivity index (χ4n) is 3.54. The molecule has 0 bridgehead atoms. The SMILES string of the molecule is CCCS(=O)(=O)N1CCCc2ccc(NC(=O)c3c(OC)cccc3OC)cc21. The van der Waals surface area contributed by atoms with Crippen molar-refractivity contribution < 1.29 is 22.7 Å². The maximum atomic E-state index is 12.9. The molecule has 0 fully saturated rings. The molecule has 156 valence electrons. The molecule has 2 aromatic carbocycles. The van der Waals surface area contributed by atoms with Gasteiger partial charge in [0.05, 0.1) is 25.7 Å². The molecule has 8 heteroatoms. The molecule has 0 aliphatic carbocycles. The number of rotatable bonds is 7. The van der Waals surface area contributed by atoms with Crippen LogP contribution in [0.2, 0.25) is 0 Å². The van der Waals surface area contributed by atoms with E-state index >= 15 is 0 Å². The minimum Gasteiger partial charge on any atom is -0.496 e. The van der Waals surface area contributed by atoms with Crippen molar-refractivity contribution in [1.82, 2.24) is 0 Å². The standard InChI is InChI=1S/C21H26N2O5S/c1-4-13-29(25,26)23-12-6-7-15-10-11-16(14-17(15)23)22-21(24)20-18(27-2)8-5-9-19(20)28-3/h5,8-11,14H,4,6-7,12-13H2,1-3H3,(H,22,24). The normalized spacial score (nSPS) is 13.6. The summed E-state index contributed by atoms with van der Waals surface area (Å²) in [4.78, 5) is 12.9. The van der Waals surface area contributed by atoms with Gasteiger partial charge in [-0.2, -0.15) is 0 Å². The van der Waals surface area contributed by atoms with Crippen LogP contribution in [0.25, 0.3) is 0 Å². The first kappa shape index (κ1) is 21.0. The van der Waals surface area contributed by atoms with E-state index in [9.17, 15) is 13.2 Å². The number of sulfonamides is 1. The zero-order valence-corrected chi connectivity index (χ0v) is 17.7. The van der Waals surface area contributed by atoms with Crippen molar-refractivity contribution in [2.24, 2.45) is 0 Å². The van der Waals surface area contributed by atoms with Crippen molar-refractivity contribution >= 4 is 27.3 Å². The Morgan fingerprint density at radius 3 is 2.45 bits per heavy atom. The van der Waals surface area contributed by atoms with Crippen LogP contribution in [0, 0.1) is 0 Å². The zero-order valence-electron chi connectivity index (χ0n) is 16.9. The Kier molecular flexibility index (Phi) is 6.32. The van der Waals surface area contributed by atoms with Crippen molar-refractivity contribution in [3.05, 3.63) is 47.5 Å². The maximum absolute atomic E-state index is 12.9. The van der Waals surface area contributed by atoms with Gasteiger partial charge in [0.1, 0.15) is 17.1 Å². The van der Waals surface area contributed by atoms with E-state index in [4.69, 9.17) is 9.47 Å². The van der Waals surface area contributed by atoms with E-state index in [2.05, 4.69) is 5.32 Å². The molecule has 1 N–H and O–H groups in total. The van der Waals surface area contributed by atoms with Crippen LogP contribution >= 0.6 is 0 Å². The maximum Gasteiger partial charge on any atom is 0.263 e. The first-order valence-electron chi connectivity index (χ1n) is 9.57. The summed E-state index contributed by atoms with van der Waals surface area (Å²) in [5.74, 6) is 0.499. The average Bonchev–Trinajstić information content (AvgIpc) is 2.72. The number of aryl methyl sites for hydroxylation is 1. The smallest absolute Gasteiger partial charge is 0.263 e. The molecule has 0 radical (unpaired) electrons. The number of methoxy groups -OCH3 is 2. The summed E-state index contributed by atoms with van der Waals surface area (Å²) in [5, 5.41) is 2.84. The first-order valence-corrected chi connectivity index (χ1v) is 11.2. The highest BCUT2D eigenvalue weighted by Gasteiger charge is 2.27. The van der Waals surface area contributed by atoms with E-state index < -0.39 is 15.9 Å². The number of carbonyl (C=O) groups excluding carboxylic acids is 1. The summed E-state index contributed by atoms with van der Waals surface area (Å²) in [7, 11) is -0.411. The molecule has 0 atom stereocenters. The molecule has 0 saturated heterocycles. The van der Waals surface area contributed by atoms with Gasteiger partial charge in [-0.1, -0.05) is 19.1 Å². The van der Waals surface area contributed by atoms with Crippen LogP contribution < -0.4 is 19.1 Å². The van der Waals surface area contributed by atoms with E-state index in [0.29, 0.717) is 35.8 Å². The lowest BCUT2D eigenvalue weighted by atomic mass is 10.0. The van der Waals surface area contributed by atoms with Crippen molar-refractivity contribution in [1.29, 1.82) is 0 Å². The number of nitrogens with one attached hydrogen (secondary N) is 1. The quantitative estimate of drug-likeness (QED) is 0.744. The predicted octanol–water partition coefficient (Wildman–Crippen LogP) is 3.45. The Hall–Kier alpha value is -2.74.